The van der Waals surface area contributed by atoms with Crippen molar-refractivity contribution >= 4 is 23.3 Å². The molecule has 0 N–H and O–H groups in total. The summed E-state index contributed by atoms with van der Waals surface area (Å²) in [5.74, 6) is 8.55. The Kier molecular flexibility index (Phi) is 10.5. The third-order valence-corrected chi connectivity index (χ3v) is 6.99. The second-order valence-electron chi connectivity index (χ2n) is 8.87. The van der Waals surface area contributed by atoms with E-state index >= 15 is 0 Å². The van der Waals surface area contributed by atoms with Crippen LogP contribution < -0.4 is 9.47 Å². The number of rotatable bonds is 10. The molecule has 0 unspecified atom stereocenters. The highest BCUT2D eigenvalue weighted by Crippen LogP contribution is 2.27. The van der Waals surface area contributed by atoms with Gasteiger partial charge in [0.1, 0.15) is 11.5 Å². The van der Waals surface area contributed by atoms with E-state index in [9.17, 15) is 4.79 Å². The molecule has 0 amide bonds. The van der Waals surface area contributed by atoms with Crippen molar-refractivity contribution in [3.8, 4) is 34.5 Å². The van der Waals surface area contributed by atoms with E-state index in [1.54, 1.807) is 25.8 Å². The summed E-state index contributed by atoms with van der Waals surface area (Å²) in [4.78, 5) is 12.7. The van der Waals surface area contributed by atoms with E-state index in [1.807, 2.05) is 61.5 Å². The minimum Gasteiger partial charge on any atom is -0.497 e. The number of benzene rings is 4. The normalized spacial score (nSPS) is 10.8. The Labute approximate surface area is 241 Å². The predicted octanol–water partition coefficient (Wildman–Crippen LogP) is 7.84. The highest BCUT2D eigenvalue weighted by atomic mass is 32.2. The number of allylic oxidation sites excluding steroid dienone is 1. The zero-order valence-corrected chi connectivity index (χ0v) is 23.8. The Hall–Kier alpha value is -4.40. The molecule has 5 heteroatoms. The molecule has 4 nitrogen and oxygen atoms in total. The third kappa shape index (κ3) is 8.30. The molecule has 0 radical (unpaired) electrons. The number of methoxy groups -OCH3 is 1. The molecule has 0 heterocycles. The number of thioether (sulfide) groups is 1. The summed E-state index contributed by atoms with van der Waals surface area (Å²) in [7, 11) is 1.66. The molecule has 0 bridgehead atoms. The maximum Gasteiger partial charge on any atom is 0.344 e. The van der Waals surface area contributed by atoms with Crippen LogP contribution in [0.3, 0.4) is 0 Å². The number of aryl methyl sites for hydroxylation is 1. The van der Waals surface area contributed by atoms with Gasteiger partial charge in [-0.3, -0.25) is 0 Å². The van der Waals surface area contributed by atoms with E-state index in [0.717, 1.165) is 38.7 Å². The maximum absolute atomic E-state index is 11.6. The molecule has 202 valence electrons. The zero-order chi connectivity index (χ0) is 28.2. The smallest absolute Gasteiger partial charge is 0.344 e. The first-order valence-corrected chi connectivity index (χ1v) is 14.1. The van der Waals surface area contributed by atoms with E-state index < -0.39 is 0 Å². The lowest BCUT2D eigenvalue weighted by Crippen LogP contribution is -2.14. The monoisotopic (exact) mass is 548 g/mol. The lowest BCUT2D eigenvalue weighted by Gasteiger charge is -2.10. The topological polar surface area (TPSA) is 44.8 Å². The van der Waals surface area contributed by atoms with Gasteiger partial charge >= 0.3 is 5.97 Å². The van der Waals surface area contributed by atoms with Crippen molar-refractivity contribution in [2.45, 2.75) is 18.7 Å². The molecule has 40 heavy (non-hydrogen) atoms. The lowest BCUT2D eigenvalue weighted by molar-refractivity contribution is -0.145. The van der Waals surface area contributed by atoms with E-state index in [4.69, 9.17) is 14.2 Å². The number of hydrogen-bond donors (Lipinski definition) is 0. The maximum atomic E-state index is 11.6. The highest BCUT2D eigenvalue weighted by molar-refractivity contribution is 7.99. The van der Waals surface area contributed by atoms with Crippen molar-refractivity contribution in [1.29, 1.82) is 0 Å². The van der Waals surface area contributed by atoms with E-state index in [2.05, 4.69) is 60.4 Å². The van der Waals surface area contributed by atoms with Crippen LogP contribution in [0.15, 0.2) is 108 Å². The summed E-state index contributed by atoms with van der Waals surface area (Å²) in [5, 5.41) is 0. The largest absolute Gasteiger partial charge is 0.497 e. The number of carbonyl (C=O) groups is 1. The molecular formula is C35H32O4S. The molecule has 0 saturated carbocycles. The average Bonchev–Trinajstić information content (AvgIpc) is 2.99. The van der Waals surface area contributed by atoms with Gasteiger partial charge in [-0.1, -0.05) is 72.5 Å². The van der Waals surface area contributed by atoms with Crippen molar-refractivity contribution in [2.24, 2.45) is 0 Å². The van der Waals surface area contributed by atoms with Crippen molar-refractivity contribution in [3.63, 3.8) is 0 Å². The first kappa shape index (κ1) is 28.6. The summed E-state index contributed by atoms with van der Waals surface area (Å²) >= 11 is 1.72. The van der Waals surface area contributed by atoms with Gasteiger partial charge in [-0.2, -0.15) is 0 Å². The third-order valence-electron chi connectivity index (χ3n) is 6.07. The molecule has 0 aliphatic rings. The SMILES string of the molecule is CCOC(=O)COc1ccc(SC/C=C(\C#Cc2ccc(OC)cc2)c2ccc(-c3ccccc3)cc2)cc1C. The second kappa shape index (κ2) is 14.7. The van der Waals surface area contributed by atoms with E-state index in [-0.39, 0.29) is 12.6 Å². The molecular weight excluding hydrogens is 516 g/mol. The summed E-state index contributed by atoms with van der Waals surface area (Å²) < 4.78 is 15.8. The van der Waals surface area contributed by atoms with Crippen molar-refractivity contribution in [3.05, 3.63) is 120 Å². The quantitative estimate of drug-likeness (QED) is 0.115. The molecule has 0 atom stereocenters. The van der Waals surface area contributed by atoms with Crippen LogP contribution in [0.4, 0.5) is 0 Å². The molecule has 0 aliphatic heterocycles. The number of hydrogen-bond acceptors (Lipinski definition) is 5. The van der Waals surface area contributed by atoms with Crippen LogP contribution in [0.1, 0.15) is 23.6 Å². The minimum absolute atomic E-state index is 0.0941. The van der Waals surface area contributed by atoms with Crippen LogP contribution in [0, 0.1) is 18.8 Å². The number of carbonyl (C=O) groups excluding carboxylic acids is 1. The fourth-order valence-corrected chi connectivity index (χ4v) is 4.83. The minimum atomic E-state index is -0.370. The molecule has 4 aromatic carbocycles. The Morgan fingerprint density at radius 1 is 0.900 bits per heavy atom. The Morgan fingerprint density at radius 3 is 2.30 bits per heavy atom. The highest BCUT2D eigenvalue weighted by Gasteiger charge is 2.07. The summed E-state index contributed by atoms with van der Waals surface area (Å²) in [6.07, 6.45) is 2.17. The summed E-state index contributed by atoms with van der Waals surface area (Å²) in [6.45, 7) is 4.00. The molecule has 0 saturated heterocycles. The predicted molar refractivity (Wildman–Crippen MR) is 164 cm³/mol. The summed E-state index contributed by atoms with van der Waals surface area (Å²) in [5.41, 5.74) is 6.28. The van der Waals surface area contributed by atoms with Crippen molar-refractivity contribution in [2.75, 3.05) is 26.1 Å². The Morgan fingerprint density at radius 2 is 1.62 bits per heavy atom. The van der Waals surface area contributed by atoms with Crippen molar-refractivity contribution < 1.29 is 19.0 Å². The van der Waals surface area contributed by atoms with Crippen LogP contribution in [-0.4, -0.2) is 32.0 Å². The van der Waals surface area contributed by atoms with Gasteiger partial charge in [0.25, 0.3) is 0 Å². The van der Waals surface area contributed by atoms with Crippen LogP contribution in [0.2, 0.25) is 0 Å². The molecule has 0 aromatic heterocycles. The van der Waals surface area contributed by atoms with Gasteiger partial charge in [0, 0.05) is 21.8 Å². The van der Waals surface area contributed by atoms with Crippen LogP contribution in [0.25, 0.3) is 16.7 Å². The molecule has 4 aromatic rings. The van der Waals surface area contributed by atoms with Crippen LogP contribution in [0.5, 0.6) is 11.5 Å². The van der Waals surface area contributed by atoms with Crippen molar-refractivity contribution in [1.82, 2.24) is 0 Å². The molecule has 4 rings (SSSR count). The fraction of sp³-hybridized carbons (Fsp3) is 0.171. The van der Waals surface area contributed by atoms with Gasteiger partial charge in [-0.15, -0.1) is 11.8 Å². The average molecular weight is 549 g/mol. The first-order chi connectivity index (χ1) is 19.6. The van der Waals surface area contributed by atoms with Gasteiger partial charge in [-0.25, -0.2) is 4.79 Å². The number of ether oxygens (including phenoxy) is 3. The van der Waals surface area contributed by atoms with Gasteiger partial charge in [-0.05, 0) is 78.6 Å². The zero-order valence-electron chi connectivity index (χ0n) is 23.0. The van der Waals surface area contributed by atoms with E-state index in [0.29, 0.717) is 12.4 Å². The Bertz CT molecular complexity index is 1500. The van der Waals surface area contributed by atoms with Gasteiger partial charge in [0.15, 0.2) is 6.61 Å². The lowest BCUT2D eigenvalue weighted by atomic mass is 10.0. The molecule has 0 spiro atoms. The standard InChI is InChI=1S/C35H32O4S/c1-4-38-35(36)25-39-34-21-20-33(24-26(34)2)40-23-22-31(13-10-27-11-18-32(37-3)19-12-27)30-16-14-29(15-17-30)28-8-6-5-7-9-28/h5-9,11-12,14-22,24H,4,23,25H2,1-3H3/b31-22+. The fourth-order valence-electron chi connectivity index (χ4n) is 3.96. The Balaban J connectivity index is 1.51. The molecule has 0 aliphatic carbocycles. The second-order valence-corrected chi connectivity index (χ2v) is 9.97. The molecule has 0 fully saturated rings. The van der Waals surface area contributed by atoms with E-state index in [1.165, 1.54) is 11.1 Å². The van der Waals surface area contributed by atoms with Gasteiger partial charge < -0.3 is 14.2 Å². The van der Waals surface area contributed by atoms with Gasteiger partial charge in [0.2, 0.25) is 0 Å². The summed E-state index contributed by atoms with van der Waals surface area (Å²) in [6, 6.07) is 32.6. The number of esters is 1. The van der Waals surface area contributed by atoms with Gasteiger partial charge in [0.05, 0.1) is 13.7 Å². The van der Waals surface area contributed by atoms with Crippen LogP contribution >= 0.6 is 11.8 Å². The van der Waals surface area contributed by atoms with Crippen LogP contribution in [-0.2, 0) is 9.53 Å². The first-order valence-electron chi connectivity index (χ1n) is 13.1.